The maximum Gasteiger partial charge on any atom is 0.243 e. The molecule has 1 rings (SSSR count). The molecule has 0 aliphatic carbocycles. The topological polar surface area (TPSA) is 49.9 Å². The van der Waals surface area contributed by atoms with E-state index in [2.05, 4.69) is 18.7 Å². The van der Waals surface area contributed by atoms with Crippen LogP contribution in [0.4, 0.5) is 0 Å². The summed E-state index contributed by atoms with van der Waals surface area (Å²) in [7, 11) is 2.14. The molecule has 1 aromatic rings. The molecule has 0 atom stereocenters. The first-order valence-electron chi connectivity index (χ1n) is 7.91. The Morgan fingerprint density at radius 3 is 2.13 bits per heavy atom. The number of ether oxygens (including phenoxy) is 1. The third-order valence-corrected chi connectivity index (χ3v) is 5.83. The van der Waals surface area contributed by atoms with Gasteiger partial charge in [0.15, 0.2) is 0 Å². The summed E-state index contributed by atoms with van der Waals surface area (Å²) in [5, 5.41) is 0. The fraction of sp³-hybridized carbons (Fsp3) is 0.647. The van der Waals surface area contributed by atoms with Gasteiger partial charge < -0.3 is 9.64 Å². The molecule has 1 aromatic carbocycles. The highest BCUT2D eigenvalue weighted by Crippen LogP contribution is 2.26. The van der Waals surface area contributed by atoms with Gasteiger partial charge in [0.2, 0.25) is 10.0 Å². The molecule has 0 aliphatic rings. The van der Waals surface area contributed by atoms with Crippen LogP contribution in [0.3, 0.4) is 0 Å². The van der Waals surface area contributed by atoms with Gasteiger partial charge in [-0.1, -0.05) is 20.8 Å². The number of methoxy groups -OCH3 is 1. The van der Waals surface area contributed by atoms with Gasteiger partial charge in [-0.25, -0.2) is 8.42 Å². The van der Waals surface area contributed by atoms with Crippen molar-refractivity contribution in [2.75, 3.05) is 40.8 Å². The highest BCUT2D eigenvalue weighted by atomic mass is 32.2. The Bertz CT molecular complexity index is 580. The summed E-state index contributed by atoms with van der Waals surface area (Å²) in [6.45, 7) is 8.01. The zero-order valence-corrected chi connectivity index (χ0v) is 16.0. The minimum absolute atomic E-state index is 0.0835. The van der Waals surface area contributed by atoms with E-state index in [1.165, 1.54) is 0 Å². The van der Waals surface area contributed by atoms with Gasteiger partial charge in [-0.3, -0.25) is 0 Å². The molecule has 0 fully saturated rings. The second-order valence-corrected chi connectivity index (χ2v) is 8.76. The fourth-order valence-electron chi connectivity index (χ4n) is 2.35. The van der Waals surface area contributed by atoms with Crippen LogP contribution in [0, 0.1) is 5.41 Å². The first-order valence-corrected chi connectivity index (χ1v) is 9.35. The minimum atomic E-state index is -3.48. The summed E-state index contributed by atoms with van der Waals surface area (Å²) in [5.74, 6) is 0.651. The lowest BCUT2D eigenvalue weighted by atomic mass is 9.89. The first-order chi connectivity index (χ1) is 10.6. The molecule has 0 amide bonds. The van der Waals surface area contributed by atoms with E-state index in [4.69, 9.17) is 4.74 Å². The highest BCUT2D eigenvalue weighted by Gasteiger charge is 2.29. The molecule has 0 aliphatic heterocycles. The Labute approximate surface area is 141 Å². The minimum Gasteiger partial charge on any atom is -0.497 e. The van der Waals surface area contributed by atoms with Gasteiger partial charge in [-0.15, -0.1) is 0 Å². The largest absolute Gasteiger partial charge is 0.497 e. The van der Waals surface area contributed by atoms with Crippen LogP contribution < -0.4 is 4.74 Å². The van der Waals surface area contributed by atoms with Crippen LogP contribution in [0.15, 0.2) is 29.2 Å². The van der Waals surface area contributed by atoms with E-state index in [1.54, 1.807) is 35.7 Å². The van der Waals surface area contributed by atoms with Crippen LogP contribution in [-0.2, 0) is 10.0 Å². The molecule has 0 spiro atoms. The Morgan fingerprint density at radius 2 is 1.70 bits per heavy atom. The predicted molar refractivity (Wildman–Crippen MR) is 94.4 cm³/mol. The number of hydrogen-bond donors (Lipinski definition) is 0. The van der Waals surface area contributed by atoms with Crippen molar-refractivity contribution in [2.24, 2.45) is 5.41 Å². The zero-order chi connectivity index (χ0) is 17.7. The summed E-state index contributed by atoms with van der Waals surface area (Å²) in [6, 6.07) is 6.56. The number of nitrogens with zero attached hydrogens (tertiary/aromatic N) is 2. The standard InChI is InChI=1S/C17H30N2O3S/c1-7-19(14-17(2,3)12-13-18(4)5)23(20,21)16-10-8-15(22-6)9-11-16/h8-11H,7,12-14H2,1-6H3. The lowest BCUT2D eigenvalue weighted by molar-refractivity contribution is 0.221. The van der Waals surface area contributed by atoms with Crippen LogP contribution in [0.2, 0.25) is 0 Å². The summed E-state index contributed by atoms with van der Waals surface area (Å²) in [4.78, 5) is 2.43. The van der Waals surface area contributed by atoms with Crippen molar-refractivity contribution < 1.29 is 13.2 Å². The van der Waals surface area contributed by atoms with Crippen LogP contribution in [0.1, 0.15) is 27.2 Å². The van der Waals surface area contributed by atoms with E-state index in [0.29, 0.717) is 23.7 Å². The SMILES string of the molecule is CCN(CC(C)(C)CCN(C)C)S(=O)(=O)c1ccc(OC)cc1. The maximum absolute atomic E-state index is 12.9. The third kappa shape index (κ3) is 5.79. The molecule has 0 N–H and O–H groups in total. The van der Waals surface area contributed by atoms with Gasteiger partial charge >= 0.3 is 0 Å². The van der Waals surface area contributed by atoms with Crippen LogP contribution >= 0.6 is 0 Å². The number of benzene rings is 1. The van der Waals surface area contributed by atoms with Crippen molar-refractivity contribution in [3.63, 3.8) is 0 Å². The van der Waals surface area contributed by atoms with Gasteiger partial charge in [0.05, 0.1) is 12.0 Å². The van der Waals surface area contributed by atoms with E-state index in [9.17, 15) is 8.42 Å². The summed E-state index contributed by atoms with van der Waals surface area (Å²) in [6.07, 6.45) is 0.939. The van der Waals surface area contributed by atoms with Crippen molar-refractivity contribution in [1.82, 2.24) is 9.21 Å². The number of rotatable bonds is 9. The summed E-state index contributed by atoms with van der Waals surface area (Å²) >= 11 is 0. The lowest BCUT2D eigenvalue weighted by Crippen LogP contribution is -2.39. The molecular weight excluding hydrogens is 312 g/mol. The maximum atomic E-state index is 12.9. The molecule has 0 aromatic heterocycles. The molecule has 0 saturated heterocycles. The summed E-state index contributed by atoms with van der Waals surface area (Å²) < 4.78 is 32.4. The highest BCUT2D eigenvalue weighted by molar-refractivity contribution is 7.89. The molecule has 6 heteroatoms. The van der Waals surface area contributed by atoms with Crippen molar-refractivity contribution in [2.45, 2.75) is 32.1 Å². The molecule has 132 valence electrons. The van der Waals surface area contributed by atoms with Gasteiger partial charge in [-0.05, 0) is 56.7 Å². The molecule has 0 radical (unpaired) electrons. The molecule has 0 unspecified atom stereocenters. The number of sulfonamides is 1. The second-order valence-electron chi connectivity index (χ2n) is 6.82. The predicted octanol–water partition coefficient (Wildman–Crippen LogP) is 2.68. The van der Waals surface area contributed by atoms with E-state index < -0.39 is 10.0 Å². The molecule has 0 heterocycles. The normalized spacial score (nSPS) is 12.9. The van der Waals surface area contributed by atoms with Crippen LogP contribution in [0.5, 0.6) is 5.75 Å². The van der Waals surface area contributed by atoms with E-state index in [-0.39, 0.29) is 5.41 Å². The monoisotopic (exact) mass is 342 g/mol. The zero-order valence-electron chi connectivity index (χ0n) is 15.2. The average Bonchev–Trinajstić information content (AvgIpc) is 2.50. The second kappa shape index (κ2) is 8.13. The van der Waals surface area contributed by atoms with Crippen LogP contribution in [0.25, 0.3) is 0 Å². The van der Waals surface area contributed by atoms with Gasteiger partial charge in [0.25, 0.3) is 0 Å². The summed E-state index contributed by atoms with van der Waals surface area (Å²) in [5.41, 5.74) is -0.0835. The first kappa shape index (κ1) is 19.9. The molecule has 0 bridgehead atoms. The average molecular weight is 343 g/mol. The lowest BCUT2D eigenvalue weighted by Gasteiger charge is -2.32. The van der Waals surface area contributed by atoms with Crippen molar-refractivity contribution in [1.29, 1.82) is 0 Å². The van der Waals surface area contributed by atoms with Crippen LogP contribution in [-0.4, -0.2) is 58.5 Å². The van der Waals surface area contributed by atoms with Crippen molar-refractivity contribution >= 4 is 10.0 Å². The Balaban J connectivity index is 2.93. The third-order valence-electron chi connectivity index (χ3n) is 3.89. The van der Waals surface area contributed by atoms with Gasteiger partial charge in [0.1, 0.15) is 5.75 Å². The smallest absolute Gasteiger partial charge is 0.243 e. The Kier molecular flexibility index (Phi) is 7.04. The van der Waals surface area contributed by atoms with Crippen molar-refractivity contribution in [3.05, 3.63) is 24.3 Å². The molecule has 5 nitrogen and oxygen atoms in total. The quantitative estimate of drug-likeness (QED) is 0.692. The number of hydrogen-bond acceptors (Lipinski definition) is 4. The Hall–Kier alpha value is -1.11. The molecule has 0 saturated carbocycles. The Morgan fingerprint density at radius 1 is 1.13 bits per heavy atom. The van der Waals surface area contributed by atoms with E-state index in [1.807, 2.05) is 21.0 Å². The van der Waals surface area contributed by atoms with E-state index in [0.717, 1.165) is 13.0 Å². The molecule has 23 heavy (non-hydrogen) atoms. The van der Waals surface area contributed by atoms with E-state index >= 15 is 0 Å². The van der Waals surface area contributed by atoms with Gasteiger partial charge in [0, 0.05) is 13.1 Å². The van der Waals surface area contributed by atoms with Gasteiger partial charge in [-0.2, -0.15) is 4.31 Å². The fourth-order valence-corrected chi connectivity index (χ4v) is 3.98. The molecular formula is C17H30N2O3S. The van der Waals surface area contributed by atoms with Crippen molar-refractivity contribution in [3.8, 4) is 5.75 Å².